The Morgan fingerprint density at radius 3 is 2.48 bits per heavy atom. The topological polar surface area (TPSA) is 127 Å². The van der Waals surface area contributed by atoms with Gasteiger partial charge < -0.3 is 10.6 Å². The Bertz CT molecular complexity index is 585. The van der Waals surface area contributed by atoms with E-state index in [4.69, 9.17) is 0 Å². The molecular formula is C12H14N4O5. The first kappa shape index (κ1) is 14.7. The average molecular weight is 294 g/mol. The molecule has 9 heteroatoms. The lowest BCUT2D eigenvalue weighted by Crippen LogP contribution is -2.29. The van der Waals surface area contributed by atoms with Crippen molar-refractivity contribution in [2.24, 2.45) is 5.92 Å². The molecule has 0 aliphatic heterocycles. The van der Waals surface area contributed by atoms with E-state index in [1.807, 2.05) is 0 Å². The number of benzene rings is 1. The third-order valence-corrected chi connectivity index (χ3v) is 3.08. The summed E-state index contributed by atoms with van der Waals surface area (Å²) in [5.41, 5.74) is -0.515. The number of carbonyl (C=O) groups is 1. The van der Waals surface area contributed by atoms with E-state index in [0.717, 1.165) is 18.9 Å². The zero-order valence-electron chi connectivity index (χ0n) is 11.1. The molecule has 0 unspecified atom stereocenters. The van der Waals surface area contributed by atoms with Crippen molar-refractivity contribution in [2.45, 2.75) is 12.8 Å². The van der Waals surface area contributed by atoms with Crippen LogP contribution in [0.3, 0.4) is 0 Å². The predicted octanol–water partition coefficient (Wildman–Crippen LogP) is 1.44. The number of hydrogen-bond donors (Lipinski definition) is 2. The van der Waals surface area contributed by atoms with Crippen molar-refractivity contribution >= 4 is 23.0 Å². The minimum Gasteiger partial charge on any atom is -0.378 e. The number of non-ortho nitro benzene ring substituents is 1. The quantitative estimate of drug-likeness (QED) is 0.445. The van der Waals surface area contributed by atoms with Crippen LogP contribution in [0.15, 0.2) is 18.2 Å². The molecule has 0 atom stereocenters. The normalized spacial score (nSPS) is 13.5. The number of nitro benzene ring substituents is 2. The largest absolute Gasteiger partial charge is 0.378 e. The third kappa shape index (κ3) is 3.88. The standard InChI is InChI=1S/C12H14N4O5/c17-12(8-1-2-8)14-6-5-13-10-4-3-9(15(18)19)7-11(10)16(20)21/h3-4,7-8,13H,1-2,5-6H2,(H,14,17). The number of anilines is 1. The van der Waals surface area contributed by atoms with Gasteiger partial charge in [-0.3, -0.25) is 25.0 Å². The van der Waals surface area contributed by atoms with E-state index in [1.165, 1.54) is 12.1 Å². The second kappa shape index (κ2) is 6.16. The molecule has 0 heterocycles. The maximum atomic E-state index is 11.4. The van der Waals surface area contributed by atoms with Crippen LogP contribution in [-0.4, -0.2) is 28.8 Å². The van der Waals surface area contributed by atoms with Crippen molar-refractivity contribution in [1.29, 1.82) is 0 Å². The summed E-state index contributed by atoms with van der Waals surface area (Å²) in [6.45, 7) is 0.639. The first-order valence-electron chi connectivity index (χ1n) is 6.43. The second-order valence-electron chi connectivity index (χ2n) is 4.71. The smallest absolute Gasteiger partial charge is 0.299 e. The number of nitrogens with one attached hydrogen (secondary N) is 2. The van der Waals surface area contributed by atoms with Crippen LogP contribution in [0.4, 0.5) is 17.1 Å². The molecule has 1 fully saturated rings. The van der Waals surface area contributed by atoms with Crippen LogP contribution in [0.1, 0.15) is 12.8 Å². The fourth-order valence-electron chi connectivity index (χ4n) is 1.81. The van der Waals surface area contributed by atoms with Gasteiger partial charge in [-0.05, 0) is 18.9 Å². The molecule has 9 nitrogen and oxygen atoms in total. The van der Waals surface area contributed by atoms with Crippen molar-refractivity contribution in [1.82, 2.24) is 5.32 Å². The molecule has 2 N–H and O–H groups in total. The molecule has 0 radical (unpaired) electrons. The van der Waals surface area contributed by atoms with E-state index in [2.05, 4.69) is 10.6 Å². The first-order valence-corrected chi connectivity index (χ1v) is 6.43. The number of nitro groups is 2. The lowest BCUT2D eigenvalue weighted by Gasteiger charge is -2.08. The summed E-state index contributed by atoms with van der Waals surface area (Å²) in [7, 11) is 0. The van der Waals surface area contributed by atoms with Crippen LogP contribution in [0, 0.1) is 26.1 Å². The average Bonchev–Trinajstić information content (AvgIpc) is 3.27. The number of nitrogens with zero attached hydrogens (tertiary/aromatic N) is 2. The Labute approximate surface area is 119 Å². The fourth-order valence-corrected chi connectivity index (χ4v) is 1.81. The second-order valence-corrected chi connectivity index (χ2v) is 4.71. The molecular weight excluding hydrogens is 280 g/mol. The van der Waals surface area contributed by atoms with Crippen molar-refractivity contribution < 1.29 is 14.6 Å². The van der Waals surface area contributed by atoms with Gasteiger partial charge in [0.05, 0.1) is 15.9 Å². The molecule has 21 heavy (non-hydrogen) atoms. The van der Waals surface area contributed by atoms with E-state index >= 15 is 0 Å². The number of carbonyl (C=O) groups excluding carboxylic acids is 1. The summed E-state index contributed by atoms with van der Waals surface area (Å²) in [5.74, 6) is 0.105. The molecule has 1 amide bonds. The molecule has 1 aliphatic carbocycles. The van der Waals surface area contributed by atoms with E-state index in [0.29, 0.717) is 13.1 Å². The van der Waals surface area contributed by atoms with Crippen LogP contribution in [-0.2, 0) is 4.79 Å². The van der Waals surface area contributed by atoms with Crippen LogP contribution >= 0.6 is 0 Å². The van der Waals surface area contributed by atoms with Crippen LogP contribution in [0.25, 0.3) is 0 Å². The number of rotatable bonds is 7. The summed E-state index contributed by atoms with van der Waals surface area (Å²) in [4.78, 5) is 31.5. The van der Waals surface area contributed by atoms with Gasteiger partial charge >= 0.3 is 0 Å². The molecule has 112 valence electrons. The molecule has 2 rings (SSSR count). The van der Waals surface area contributed by atoms with E-state index < -0.39 is 9.85 Å². The van der Waals surface area contributed by atoms with Gasteiger partial charge in [-0.15, -0.1) is 0 Å². The third-order valence-electron chi connectivity index (χ3n) is 3.08. The van der Waals surface area contributed by atoms with Gasteiger partial charge in [-0.1, -0.05) is 0 Å². The predicted molar refractivity (Wildman–Crippen MR) is 74.0 cm³/mol. The highest BCUT2D eigenvalue weighted by molar-refractivity contribution is 5.80. The Morgan fingerprint density at radius 1 is 1.19 bits per heavy atom. The highest BCUT2D eigenvalue weighted by atomic mass is 16.6. The van der Waals surface area contributed by atoms with Gasteiger partial charge in [0.2, 0.25) is 5.91 Å². The Hall–Kier alpha value is -2.71. The molecule has 1 saturated carbocycles. The maximum absolute atomic E-state index is 11.4. The minimum absolute atomic E-state index is 0.00463. The van der Waals surface area contributed by atoms with Crippen LogP contribution in [0.2, 0.25) is 0 Å². The summed E-state index contributed by atoms with van der Waals surface area (Å²) in [6, 6.07) is 3.39. The summed E-state index contributed by atoms with van der Waals surface area (Å²) in [6.07, 6.45) is 1.82. The van der Waals surface area contributed by atoms with Crippen molar-refractivity contribution in [3.8, 4) is 0 Å². The van der Waals surface area contributed by atoms with Gasteiger partial charge in [0.15, 0.2) is 0 Å². The monoisotopic (exact) mass is 294 g/mol. The Balaban J connectivity index is 1.93. The maximum Gasteiger partial charge on any atom is 0.299 e. The molecule has 0 bridgehead atoms. The van der Waals surface area contributed by atoms with Crippen LogP contribution in [0.5, 0.6) is 0 Å². The number of amides is 1. The molecule has 0 spiro atoms. The minimum atomic E-state index is -0.688. The first-order chi connectivity index (χ1) is 9.99. The molecule has 0 saturated heterocycles. The summed E-state index contributed by atoms with van der Waals surface area (Å²) in [5, 5.41) is 27.0. The summed E-state index contributed by atoms with van der Waals surface area (Å²) >= 11 is 0. The van der Waals surface area contributed by atoms with Gasteiger partial charge in [0.1, 0.15) is 5.69 Å². The lowest BCUT2D eigenvalue weighted by molar-refractivity contribution is -0.393. The lowest BCUT2D eigenvalue weighted by atomic mass is 10.2. The highest BCUT2D eigenvalue weighted by Crippen LogP contribution is 2.29. The molecule has 1 aliphatic rings. The zero-order chi connectivity index (χ0) is 15.4. The zero-order valence-corrected chi connectivity index (χ0v) is 11.1. The van der Waals surface area contributed by atoms with Crippen molar-refractivity contribution in [3.63, 3.8) is 0 Å². The van der Waals surface area contributed by atoms with Crippen molar-refractivity contribution in [2.75, 3.05) is 18.4 Å². The van der Waals surface area contributed by atoms with Gasteiger partial charge in [-0.2, -0.15) is 0 Å². The van der Waals surface area contributed by atoms with Gasteiger partial charge in [0.25, 0.3) is 11.4 Å². The van der Waals surface area contributed by atoms with Crippen LogP contribution < -0.4 is 10.6 Å². The van der Waals surface area contributed by atoms with Gasteiger partial charge in [0, 0.05) is 25.1 Å². The Kier molecular flexibility index (Phi) is 4.31. The fraction of sp³-hybridized carbons (Fsp3) is 0.417. The highest BCUT2D eigenvalue weighted by Gasteiger charge is 2.29. The molecule has 0 aromatic heterocycles. The SMILES string of the molecule is O=C(NCCNc1ccc([N+](=O)[O-])cc1[N+](=O)[O-])C1CC1. The van der Waals surface area contributed by atoms with E-state index in [1.54, 1.807) is 0 Å². The van der Waals surface area contributed by atoms with E-state index in [-0.39, 0.29) is 28.9 Å². The summed E-state index contributed by atoms with van der Waals surface area (Å²) < 4.78 is 0. The van der Waals surface area contributed by atoms with Crippen molar-refractivity contribution in [3.05, 3.63) is 38.4 Å². The number of hydrogen-bond acceptors (Lipinski definition) is 6. The molecule has 1 aromatic carbocycles. The van der Waals surface area contributed by atoms with Gasteiger partial charge in [-0.25, -0.2) is 0 Å². The Morgan fingerprint density at radius 2 is 1.90 bits per heavy atom. The van der Waals surface area contributed by atoms with E-state index in [9.17, 15) is 25.0 Å². The molecule has 1 aromatic rings.